The molecule has 0 saturated heterocycles. The first kappa shape index (κ1) is 13.7. The van der Waals surface area contributed by atoms with E-state index in [1.165, 1.54) is 11.5 Å². The predicted octanol–water partition coefficient (Wildman–Crippen LogP) is 3.66. The fourth-order valence-corrected chi connectivity index (χ4v) is 2.22. The molecule has 1 N–H and O–H groups in total. The Labute approximate surface area is 107 Å². The second-order valence-electron chi connectivity index (χ2n) is 5.35. The highest BCUT2D eigenvalue weighted by atomic mass is 35.5. The maximum atomic E-state index is 5.95. The quantitative estimate of drug-likeness (QED) is 0.841. The van der Waals surface area contributed by atoms with Crippen molar-refractivity contribution < 1.29 is 0 Å². The smallest absolute Gasteiger partial charge is 0.203 e. The number of nitrogens with zero attached hydrogens (tertiary/aromatic N) is 2. The Bertz CT molecular complexity index is 339. The number of hydrogen-bond donors (Lipinski definition) is 1. The Morgan fingerprint density at radius 1 is 1.31 bits per heavy atom. The van der Waals surface area contributed by atoms with Gasteiger partial charge >= 0.3 is 0 Å². The molecule has 0 aromatic carbocycles. The molecule has 1 atom stereocenters. The highest BCUT2D eigenvalue weighted by Gasteiger charge is 2.24. The van der Waals surface area contributed by atoms with E-state index in [1.54, 1.807) is 0 Å². The molecule has 3 nitrogen and oxygen atoms in total. The zero-order valence-electron chi connectivity index (χ0n) is 10.6. The van der Waals surface area contributed by atoms with Gasteiger partial charge in [0, 0.05) is 22.8 Å². The van der Waals surface area contributed by atoms with Gasteiger partial charge in [-0.05, 0) is 13.3 Å². The third-order valence-electron chi connectivity index (χ3n) is 2.58. The lowest BCUT2D eigenvalue weighted by molar-refractivity contribution is 0.543. The summed E-state index contributed by atoms with van der Waals surface area (Å²) in [6.07, 6.45) is 0.959. The number of nitrogens with one attached hydrogen (secondary N) is 1. The Morgan fingerprint density at radius 3 is 2.31 bits per heavy atom. The summed E-state index contributed by atoms with van der Waals surface area (Å²) in [5.41, 5.74) is -0.101. The van der Waals surface area contributed by atoms with Gasteiger partial charge in [-0.2, -0.15) is 4.37 Å². The van der Waals surface area contributed by atoms with E-state index >= 15 is 0 Å². The van der Waals surface area contributed by atoms with Crippen LogP contribution in [-0.4, -0.2) is 20.8 Å². The van der Waals surface area contributed by atoms with Gasteiger partial charge in [-0.3, -0.25) is 0 Å². The molecule has 1 aromatic rings. The van der Waals surface area contributed by atoms with Crippen LogP contribution in [0.25, 0.3) is 0 Å². The Kier molecular flexibility index (Phi) is 4.18. The van der Waals surface area contributed by atoms with E-state index in [1.807, 2.05) is 0 Å². The number of anilines is 1. The van der Waals surface area contributed by atoms with Gasteiger partial charge in [0.05, 0.1) is 5.54 Å². The molecule has 1 heterocycles. The van der Waals surface area contributed by atoms with Crippen LogP contribution in [0.1, 0.15) is 46.9 Å². The summed E-state index contributed by atoms with van der Waals surface area (Å²) >= 11 is 7.35. The predicted molar refractivity (Wildman–Crippen MR) is 71.6 cm³/mol. The van der Waals surface area contributed by atoms with E-state index in [2.05, 4.69) is 49.3 Å². The summed E-state index contributed by atoms with van der Waals surface area (Å²) in [7, 11) is 0. The molecule has 1 aromatic heterocycles. The SMILES string of the molecule is CCC(C)(CCl)Nc1nc(C(C)(C)C)ns1. The summed E-state index contributed by atoms with van der Waals surface area (Å²) in [6.45, 7) is 10.5. The molecule has 0 spiro atoms. The van der Waals surface area contributed by atoms with E-state index in [-0.39, 0.29) is 11.0 Å². The molecule has 0 aliphatic heterocycles. The summed E-state index contributed by atoms with van der Waals surface area (Å²) in [4.78, 5) is 4.50. The van der Waals surface area contributed by atoms with Crippen LogP contribution in [0.2, 0.25) is 0 Å². The minimum atomic E-state index is -0.101. The molecule has 0 aliphatic carbocycles. The first-order valence-electron chi connectivity index (χ1n) is 5.49. The van der Waals surface area contributed by atoms with Gasteiger partial charge in [0.25, 0.3) is 0 Å². The minimum Gasteiger partial charge on any atom is -0.354 e. The summed E-state index contributed by atoms with van der Waals surface area (Å²) < 4.78 is 4.37. The van der Waals surface area contributed by atoms with Crippen LogP contribution in [0.5, 0.6) is 0 Å². The van der Waals surface area contributed by atoms with E-state index in [0.29, 0.717) is 5.88 Å². The van der Waals surface area contributed by atoms with Gasteiger partial charge in [-0.15, -0.1) is 11.6 Å². The summed E-state index contributed by atoms with van der Waals surface area (Å²) in [5, 5.41) is 4.22. The van der Waals surface area contributed by atoms with Gasteiger partial charge in [0.1, 0.15) is 5.82 Å². The van der Waals surface area contributed by atoms with Gasteiger partial charge in [0.2, 0.25) is 5.13 Å². The lowest BCUT2D eigenvalue weighted by atomic mass is 9.96. The van der Waals surface area contributed by atoms with Crippen LogP contribution in [-0.2, 0) is 5.41 Å². The van der Waals surface area contributed by atoms with E-state index in [0.717, 1.165) is 17.4 Å². The van der Waals surface area contributed by atoms with Gasteiger partial charge < -0.3 is 5.32 Å². The highest BCUT2D eigenvalue weighted by molar-refractivity contribution is 7.09. The minimum absolute atomic E-state index is 0.0000106. The van der Waals surface area contributed by atoms with Crippen LogP contribution < -0.4 is 5.32 Å². The zero-order valence-corrected chi connectivity index (χ0v) is 12.2. The third kappa shape index (κ3) is 3.32. The van der Waals surface area contributed by atoms with Crippen LogP contribution in [0, 0.1) is 0 Å². The number of hydrogen-bond acceptors (Lipinski definition) is 4. The third-order valence-corrected chi connectivity index (χ3v) is 3.80. The van der Waals surface area contributed by atoms with Crippen molar-refractivity contribution in [2.24, 2.45) is 0 Å². The molecule has 5 heteroatoms. The first-order chi connectivity index (χ1) is 7.30. The van der Waals surface area contributed by atoms with Crippen LogP contribution >= 0.6 is 23.1 Å². The van der Waals surface area contributed by atoms with Gasteiger partial charge in [-0.1, -0.05) is 27.7 Å². The van der Waals surface area contributed by atoms with E-state index in [9.17, 15) is 0 Å². The fourth-order valence-electron chi connectivity index (χ4n) is 1.05. The Morgan fingerprint density at radius 2 is 1.94 bits per heavy atom. The van der Waals surface area contributed by atoms with Crippen molar-refractivity contribution in [1.29, 1.82) is 0 Å². The van der Waals surface area contributed by atoms with E-state index in [4.69, 9.17) is 11.6 Å². The standard InChI is InChI=1S/C11H20ClN3S/c1-6-11(5,7-12)14-9-13-8(15-16-9)10(2,3)4/h6-7H2,1-5H3,(H,13,14,15). The molecular weight excluding hydrogens is 242 g/mol. The monoisotopic (exact) mass is 261 g/mol. The van der Waals surface area contributed by atoms with Crippen LogP contribution in [0.3, 0.4) is 0 Å². The average Bonchev–Trinajstić information content (AvgIpc) is 2.65. The highest BCUT2D eigenvalue weighted by Crippen LogP contribution is 2.26. The largest absolute Gasteiger partial charge is 0.354 e. The van der Waals surface area contributed by atoms with Crippen molar-refractivity contribution in [2.45, 2.75) is 52.0 Å². The number of rotatable bonds is 4. The van der Waals surface area contributed by atoms with Gasteiger partial charge in [-0.25, -0.2) is 4.98 Å². The summed E-state index contributed by atoms with van der Waals surface area (Å²) in [6, 6.07) is 0. The second-order valence-corrected chi connectivity index (χ2v) is 6.37. The molecule has 0 saturated carbocycles. The van der Waals surface area contributed by atoms with Gasteiger partial charge in [0.15, 0.2) is 0 Å². The lowest BCUT2D eigenvalue weighted by Crippen LogP contribution is -2.35. The lowest BCUT2D eigenvalue weighted by Gasteiger charge is -2.26. The van der Waals surface area contributed by atoms with E-state index < -0.39 is 0 Å². The average molecular weight is 262 g/mol. The molecule has 1 rings (SSSR count). The Balaban J connectivity index is 2.80. The zero-order chi connectivity index (χ0) is 12.4. The maximum Gasteiger partial charge on any atom is 0.203 e. The summed E-state index contributed by atoms with van der Waals surface area (Å²) in [5.74, 6) is 1.45. The van der Waals surface area contributed by atoms with Crippen LogP contribution in [0.15, 0.2) is 0 Å². The molecular formula is C11H20ClN3S. The number of aromatic nitrogens is 2. The topological polar surface area (TPSA) is 37.8 Å². The van der Waals surface area contributed by atoms with Crippen molar-refractivity contribution in [2.75, 3.05) is 11.2 Å². The second kappa shape index (κ2) is 4.88. The normalized spacial score (nSPS) is 15.9. The first-order valence-corrected chi connectivity index (χ1v) is 6.80. The molecule has 16 heavy (non-hydrogen) atoms. The van der Waals surface area contributed by atoms with Crippen molar-refractivity contribution in [3.05, 3.63) is 5.82 Å². The number of alkyl halides is 1. The Hall–Kier alpha value is -0.350. The van der Waals surface area contributed by atoms with Crippen LogP contribution in [0.4, 0.5) is 5.13 Å². The number of halogens is 1. The molecule has 0 bridgehead atoms. The van der Waals surface area contributed by atoms with Crippen molar-refractivity contribution in [3.8, 4) is 0 Å². The molecule has 0 fully saturated rings. The molecule has 0 amide bonds. The molecule has 1 unspecified atom stereocenters. The molecule has 92 valence electrons. The van der Waals surface area contributed by atoms with Crippen molar-refractivity contribution in [3.63, 3.8) is 0 Å². The fraction of sp³-hybridized carbons (Fsp3) is 0.818. The molecule has 0 radical (unpaired) electrons. The molecule has 0 aliphatic rings. The van der Waals surface area contributed by atoms with Crippen molar-refractivity contribution in [1.82, 2.24) is 9.36 Å². The van der Waals surface area contributed by atoms with Crippen molar-refractivity contribution >= 4 is 28.3 Å². The maximum absolute atomic E-state index is 5.95.